The fourth-order valence-electron chi connectivity index (χ4n) is 3.44. The van der Waals surface area contributed by atoms with Gasteiger partial charge in [0.2, 0.25) is 10.0 Å². The Labute approximate surface area is 172 Å². The van der Waals surface area contributed by atoms with Gasteiger partial charge in [0.1, 0.15) is 17.0 Å². The summed E-state index contributed by atoms with van der Waals surface area (Å²) < 4.78 is 53.4. The summed E-state index contributed by atoms with van der Waals surface area (Å²) in [6, 6.07) is 11.6. The Morgan fingerprint density at radius 1 is 1.03 bits per heavy atom. The van der Waals surface area contributed by atoms with Crippen LogP contribution >= 0.6 is 0 Å². The molecular formula is C19H20F2N6O2S. The van der Waals surface area contributed by atoms with Crippen molar-refractivity contribution < 1.29 is 17.2 Å². The molecule has 0 bridgehead atoms. The predicted octanol–water partition coefficient (Wildman–Crippen LogP) is 2.55. The van der Waals surface area contributed by atoms with E-state index in [4.69, 9.17) is 0 Å². The van der Waals surface area contributed by atoms with Gasteiger partial charge in [0.05, 0.1) is 17.6 Å². The first-order valence-electron chi connectivity index (χ1n) is 9.33. The van der Waals surface area contributed by atoms with Gasteiger partial charge in [-0.05, 0) is 6.92 Å². The highest BCUT2D eigenvalue weighted by molar-refractivity contribution is 7.89. The molecule has 1 aliphatic rings. The Bertz CT molecular complexity index is 1130. The van der Waals surface area contributed by atoms with E-state index in [1.165, 1.54) is 17.6 Å². The van der Waals surface area contributed by atoms with E-state index in [-0.39, 0.29) is 23.7 Å². The summed E-state index contributed by atoms with van der Waals surface area (Å²) in [6.45, 7) is -0.284. The predicted molar refractivity (Wildman–Crippen MR) is 107 cm³/mol. The molecule has 3 aromatic rings. The molecule has 1 fully saturated rings. The van der Waals surface area contributed by atoms with Gasteiger partial charge in [0.15, 0.2) is 0 Å². The van der Waals surface area contributed by atoms with Gasteiger partial charge in [-0.3, -0.25) is 0 Å². The number of rotatable bonds is 5. The highest BCUT2D eigenvalue weighted by Crippen LogP contribution is 2.26. The minimum absolute atomic E-state index is 0.0734. The van der Waals surface area contributed by atoms with Gasteiger partial charge in [0.25, 0.3) is 0 Å². The van der Waals surface area contributed by atoms with E-state index in [9.17, 15) is 17.2 Å². The van der Waals surface area contributed by atoms with Crippen molar-refractivity contribution in [2.75, 3.05) is 31.1 Å². The van der Waals surface area contributed by atoms with Crippen molar-refractivity contribution in [2.24, 2.45) is 0 Å². The first-order valence-corrected chi connectivity index (χ1v) is 10.8. The van der Waals surface area contributed by atoms with Crippen LogP contribution in [0.4, 0.5) is 14.6 Å². The maximum absolute atomic E-state index is 12.9. The maximum Gasteiger partial charge on any atom is 0.333 e. The van der Waals surface area contributed by atoms with Crippen molar-refractivity contribution >= 4 is 15.8 Å². The largest absolute Gasteiger partial charge is 0.354 e. The zero-order valence-corrected chi connectivity index (χ0v) is 17.0. The molecule has 0 saturated carbocycles. The van der Waals surface area contributed by atoms with Crippen LogP contribution in [0.2, 0.25) is 0 Å². The van der Waals surface area contributed by atoms with Crippen molar-refractivity contribution in [1.82, 2.24) is 24.1 Å². The van der Waals surface area contributed by atoms with Crippen molar-refractivity contribution in [1.29, 1.82) is 0 Å². The maximum atomic E-state index is 12.9. The molecule has 0 aliphatic carbocycles. The topological polar surface area (TPSA) is 84.2 Å². The first-order chi connectivity index (χ1) is 14.4. The second kappa shape index (κ2) is 8.07. The molecule has 4 rings (SSSR count). The number of anilines is 1. The van der Waals surface area contributed by atoms with Crippen LogP contribution < -0.4 is 4.90 Å². The van der Waals surface area contributed by atoms with E-state index < -0.39 is 16.6 Å². The van der Waals surface area contributed by atoms with E-state index in [0.717, 1.165) is 17.5 Å². The molecule has 0 spiro atoms. The van der Waals surface area contributed by atoms with Crippen molar-refractivity contribution in [3.05, 3.63) is 54.6 Å². The van der Waals surface area contributed by atoms with E-state index >= 15 is 0 Å². The number of alkyl halides is 2. The molecule has 1 aliphatic heterocycles. The molecule has 1 aromatic carbocycles. The summed E-state index contributed by atoms with van der Waals surface area (Å²) in [4.78, 5) is 10.4. The van der Waals surface area contributed by atoms with Gasteiger partial charge in [-0.1, -0.05) is 30.3 Å². The standard InChI is InChI=1S/C19H20F2N6O2S/c1-14-17(12-24-27(14)19(20)21)30(28,29)26-9-7-25(8-10-26)18-11-16(22-13-23-18)15-5-3-2-4-6-15/h2-6,11-13,19H,7-10H2,1H3. The fraction of sp³-hybridized carbons (Fsp3) is 0.316. The molecule has 158 valence electrons. The van der Waals surface area contributed by atoms with Gasteiger partial charge in [-0.25, -0.2) is 23.1 Å². The third-order valence-corrected chi connectivity index (χ3v) is 7.09. The van der Waals surface area contributed by atoms with E-state index in [2.05, 4.69) is 15.1 Å². The van der Waals surface area contributed by atoms with Gasteiger partial charge in [-0.2, -0.15) is 18.2 Å². The summed E-state index contributed by atoms with van der Waals surface area (Å²) >= 11 is 0. The molecule has 0 amide bonds. The zero-order valence-electron chi connectivity index (χ0n) is 16.2. The van der Waals surface area contributed by atoms with E-state index in [1.807, 2.05) is 41.3 Å². The molecule has 0 unspecified atom stereocenters. The number of piperazine rings is 1. The molecule has 1 saturated heterocycles. The van der Waals surface area contributed by atoms with Gasteiger partial charge < -0.3 is 4.90 Å². The molecule has 11 heteroatoms. The molecule has 30 heavy (non-hydrogen) atoms. The summed E-state index contributed by atoms with van der Waals surface area (Å²) in [5.41, 5.74) is 1.68. The minimum atomic E-state index is -3.90. The molecule has 0 N–H and O–H groups in total. The minimum Gasteiger partial charge on any atom is -0.354 e. The number of nitrogens with zero attached hydrogens (tertiary/aromatic N) is 6. The lowest BCUT2D eigenvalue weighted by atomic mass is 10.1. The molecular weight excluding hydrogens is 414 g/mol. The van der Waals surface area contributed by atoms with Gasteiger partial charge in [-0.15, -0.1) is 0 Å². The average Bonchev–Trinajstić information content (AvgIpc) is 3.17. The first kappa shape index (κ1) is 20.4. The number of aromatic nitrogens is 4. The lowest BCUT2D eigenvalue weighted by Crippen LogP contribution is -2.49. The summed E-state index contributed by atoms with van der Waals surface area (Å²) in [5.74, 6) is 0.711. The monoisotopic (exact) mass is 434 g/mol. The normalized spacial score (nSPS) is 15.7. The third-order valence-electron chi connectivity index (χ3n) is 5.09. The van der Waals surface area contributed by atoms with Crippen LogP contribution in [0, 0.1) is 6.92 Å². The van der Waals surface area contributed by atoms with Crippen molar-refractivity contribution in [3.8, 4) is 11.3 Å². The Morgan fingerprint density at radius 3 is 2.37 bits per heavy atom. The van der Waals surface area contributed by atoms with Crippen LogP contribution in [-0.2, 0) is 10.0 Å². The Balaban J connectivity index is 1.49. The number of hydrogen-bond acceptors (Lipinski definition) is 6. The zero-order chi connectivity index (χ0) is 21.3. The van der Waals surface area contributed by atoms with E-state index in [0.29, 0.717) is 23.6 Å². The number of sulfonamides is 1. The van der Waals surface area contributed by atoms with Gasteiger partial charge >= 0.3 is 6.55 Å². The smallest absolute Gasteiger partial charge is 0.333 e. The van der Waals surface area contributed by atoms with Gasteiger partial charge in [0, 0.05) is 37.8 Å². The average molecular weight is 434 g/mol. The molecule has 0 atom stereocenters. The number of hydrogen-bond donors (Lipinski definition) is 0. The summed E-state index contributed by atoms with van der Waals surface area (Å²) in [5, 5.41) is 3.51. The molecule has 2 aromatic heterocycles. The third kappa shape index (κ3) is 3.77. The highest BCUT2D eigenvalue weighted by atomic mass is 32.2. The summed E-state index contributed by atoms with van der Waals surface area (Å²) in [6.07, 6.45) is 2.47. The van der Waals surface area contributed by atoms with Crippen LogP contribution in [0.5, 0.6) is 0 Å². The number of halogens is 2. The fourth-order valence-corrected chi connectivity index (χ4v) is 5.01. The summed E-state index contributed by atoms with van der Waals surface area (Å²) in [7, 11) is -3.90. The quantitative estimate of drug-likeness (QED) is 0.614. The second-order valence-electron chi connectivity index (χ2n) is 6.84. The highest BCUT2D eigenvalue weighted by Gasteiger charge is 2.32. The Kier molecular flexibility index (Phi) is 5.48. The van der Waals surface area contributed by atoms with Crippen LogP contribution in [0.1, 0.15) is 12.2 Å². The van der Waals surface area contributed by atoms with Crippen LogP contribution in [0.25, 0.3) is 11.3 Å². The van der Waals surface area contributed by atoms with E-state index in [1.54, 1.807) is 0 Å². The van der Waals surface area contributed by atoms with Crippen LogP contribution in [0.15, 0.2) is 53.8 Å². The van der Waals surface area contributed by atoms with Crippen LogP contribution in [0.3, 0.4) is 0 Å². The lowest BCUT2D eigenvalue weighted by molar-refractivity contribution is 0.0541. The molecule has 8 nitrogen and oxygen atoms in total. The second-order valence-corrected chi connectivity index (χ2v) is 8.74. The lowest BCUT2D eigenvalue weighted by Gasteiger charge is -2.34. The van der Waals surface area contributed by atoms with Crippen LogP contribution in [-0.4, -0.2) is 58.7 Å². The van der Waals surface area contributed by atoms with Crippen molar-refractivity contribution in [2.45, 2.75) is 18.4 Å². The Morgan fingerprint density at radius 2 is 1.73 bits per heavy atom. The Hall–Kier alpha value is -2.92. The SMILES string of the molecule is Cc1c(S(=O)(=O)N2CCN(c3cc(-c4ccccc4)ncn3)CC2)cnn1C(F)F. The molecule has 0 radical (unpaired) electrons. The molecule has 3 heterocycles. The van der Waals surface area contributed by atoms with Crippen molar-refractivity contribution in [3.63, 3.8) is 0 Å². The number of benzene rings is 1.